The van der Waals surface area contributed by atoms with E-state index < -0.39 is 29.0 Å². The van der Waals surface area contributed by atoms with Crippen molar-refractivity contribution in [1.82, 2.24) is 14.5 Å². The van der Waals surface area contributed by atoms with Gasteiger partial charge < -0.3 is 5.11 Å². The van der Waals surface area contributed by atoms with Crippen LogP contribution in [0.3, 0.4) is 0 Å². The van der Waals surface area contributed by atoms with Crippen molar-refractivity contribution in [3.63, 3.8) is 0 Å². The SMILES string of the molecule is Cc1nc(C)c(C(C)n2c(O)c(F)c(=O)[nH]c2=O)s1. The van der Waals surface area contributed by atoms with Crippen molar-refractivity contribution in [2.75, 3.05) is 0 Å². The summed E-state index contributed by atoms with van der Waals surface area (Å²) in [5.74, 6) is -2.34. The Morgan fingerprint density at radius 2 is 2.05 bits per heavy atom. The maximum absolute atomic E-state index is 13.4. The van der Waals surface area contributed by atoms with Gasteiger partial charge in [0.1, 0.15) is 0 Å². The van der Waals surface area contributed by atoms with Gasteiger partial charge in [-0.3, -0.25) is 14.3 Å². The van der Waals surface area contributed by atoms with Gasteiger partial charge in [0.15, 0.2) is 0 Å². The van der Waals surface area contributed by atoms with E-state index in [0.717, 1.165) is 14.5 Å². The van der Waals surface area contributed by atoms with Gasteiger partial charge in [-0.1, -0.05) is 0 Å². The summed E-state index contributed by atoms with van der Waals surface area (Å²) in [7, 11) is 0. The molecule has 2 aromatic heterocycles. The molecule has 0 fully saturated rings. The zero-order valence-corrected chi connectivity index (χ0v) is 11.3. The number of aryl methyl sites for hydroxylation is 2. The number of nitrogens with zero attached hydrogens (tertiary/aromatic N) is 2. The molecule has 2 aromatic rings. The number of H-pyrrole nitrogens is 1. The quantitative estimate of drug-likeness (QED) is 0.863. The number of halogens is 1. The van der Waals surface area contributed by atoms with Gasteiger partial charge in [-0.15, -0.1) is 11.3 Å². The highest BCUT2D eigenvalue weighted by molar-refractivity contribution is 7.11. The second kappa shape index (κ2) is 4.61. The minimum absolute atomic E-state index is 0.620. The molecule has 2 rings (SSSR count). The highest BCUT2D eigenvalue weighted by atomic mass is 32.1. The summed E-state index contributed by atoms with van der Waals surface area (Å²) >= 11 is 1.35. The van der Waals surface area contributed by atoms with E-state index in [9.17, 15) is 19.1 Å². The third-order valence-electron chi connectivity index (χ3n) is 2.77. The number of thiazole rings is 1. The zero-order valence-electron chi connectivity index (χ0n) is 10.5. The monoisotopic (exact) mass is 285 g/mol. The molecule has 2 N–H and O–H groups in total. The summed E-state index contributed by atoms with van der Waals surface area (Å²) in [6.07, 6.45) is 0. The van der Waals surface area contributed by atoms with Crippen LogP contribution >= 0.6 is 11.3 Å². The third kappa shape index (κ3) is 2.19. The van der Waals surface area contributed by atoms with Crippen LogP contribution in [0, 0.1) is 19.7 Å². The van der Waals surface area contributed by atoms with E-state index in [1.54, 1.807) is 13.8 Å². The Balaban J connectivity index is 2.66. The molecule has 0 saturated carbocycles. The molecule has 0 bridgehead atoms. The molecule has 0 aliphatic carbocycles. The Morgan fingerprint density at radius 3 is 2.58 bits per heavy atom. The molecular formula is C11H12FN3O3S. The maximum atomic E-state index is 13.4. The fraction of sp³-hybridized carbons (Fsp3) is 0.364. The van der Waals surface area contributed by atoms with Gasteiger partial charge in [0, 0.05) is 0 Å². The zero-order chi connectivity index (χ0) is 14.3. The molecule has 1 atom stereocenters. The second-order valence-electron chi connectivity index (χ2n) is 4.13. The minimum Gasteiger partial charge on any atom is -0.492 e. The van der Waals surface area contributed by atoms with Crippen LogP contribution in [-0.4, -0.2) is 19.6 Å². The largest absolute Gasteiger partial charge is 0.492 e. The predicted molar refractivity (Wildman–Crippen MR) is 68.3 cm³/mol. The van der Waals surface area contributed by atoms with Crippen LogP contribution in [0.1, 0.15) is 28.5 Å². The standard InChI is InChI=1S/C11H12FN3O3S/c1-4-8(19-6(3)13-4)5(2)15-10(17)7(12)9(16)14-11(15)18/h5,17H,1-3H3,(H,14,16,18). The lowest BCUT2D eigenvalue weighted by Crippen LogP contribution is -2.33. The molecule has 0 radical (unpaired) electrons. The van der Waals surface area contributed by atoms with E-state index in [-0.39, 0.29) is 0 Å². The second-order valence-corrected chi connectivity index (χ2v) is 5.36. The summed E-state index contributed by atoms with van der Waals surface area (Å²) in [6.45, 7) is 5.20. The van der Waals surface area contributed by atoms with Crippen molar-refractivity contribution < 1.29 is 9.50 Å². The Morgan fingerprint density at radius 1 is 1.42 bits per heavy atom. The summed E-state index contributed by atoms with van der Waals surface area (Å²) in [5, 5.41) is 10.4. The first-order valence-corrected chi connectivity index (χ1v) is 6.31. The molecule has 0 saturated heterocycles. The van der Waals surface area contributed by atoms with Gasteiger partial charge in [-0.05, 0) is 20.8 Å². The summed E-state index contributed by atoms with van der Waals surface area (Å²) < 4.78 is 14.2. The topological polar surface area (TPSA) is 88.0 Å². The van der Waals surface area contributed by atoms with Crippen molar-refractivity contribution in [2.45, 2.75) is 26.8 Å². The Labute approximate surface area is 111 Å². The predicted octanol–water partition coefficient (Wildman–Crippen LogP) is 1.06. The van der Waals surface area contributed by atoms with Crippen molar-refractivity contribution >= 4 is 11.3 Å². The lowest BCUT2D eigenvalue weighted by molar-refractivity contribution is 0.352. The molecule has 8 heteroatoms. The first-order chi connectivity index (χ1) is 8.82. The van der Waals surface area contributed by atoms with Crippen molar-refractivity contribution in [1.29, 1.82) is 0 Å². The van der Waals surface area contributed by atoms with Crippen LogP contribution < -0.4 is 11.2 Å². The molecule has 0 spiro atoms. The molecule has 0 aromatic carbocycles. The van der Waals surface area contributed by atoms with Crippen molar-refractivity contribution in [3.05, 3.63) is 42.2 Å². The molecule has 6 nitrogen and oxygen atoms in total. The lowest BCUT2D eigenvalue weighted by atomic mass is 10.2. The van der Waals surface area contributed by atoms with Crippen LogP contribution in [-0.2, 0) is 0 Å². The first-order valence-electron chi connectivity index (χ1n) is 5.50. The van der Waals surface area contributed by atoms with Gasteiger partial charge in [0.05, 0.1) is 21.6 Å². The van der Waals surface area contributed by atoms with Crippen LogP contribution in [0.2, 0.25) is 0 Å². The Bertz CT molecular complexity index is 747. The fourth-order valence-corrected chi connectivity index (χ4v) is 2.90. The Kier molecular flexibility index (Phi) is 3.27. The van der Waals surface area contributed by atoms with E-state index in [0.29, 0.717) is 5.69 Å². The maximum Gasteiger partial charge on any atom is 0.331 e. The number of nitrogens with one attached hydrogen (secondary N) is 1. The number of hydrogen-bond donors (Lipinski definition) is 2. The summed E-state index contributed by atoms with van der Waals surface area (Å²) in [5.41, 5.74) is -1.39. The number of aromatic nitrogens is 3. The summed E-state index contributed by atoms with van der Waals surface area (Å²) in [6, 6.07) is -0.620. The van der Waals surface area contributed by atoms with E-state index in [1.807, 2.05) is 11.9 Å². The Hall–Kier alpha value is -1.96. The van der Waals surface area contributed by atoms with Crippen LogP contribution in [0.15, 0.2) is 9.59 Å². The van der Waals surface area contributed by atoms with Gasteiger partial charge in [0.2, 0.25) is 11.7 Å². The average Bonchev–Trinajstić information content (AvgIpc) is 2.65. The van der Waals surface area contributed by atoms with Crippen LogP contribution in [0.4, 0.5) is 4.39 Å². The molecule has 1 unspecified atom stereocenters. The average molecular weight is 285 g/mol. The van der Waals surface area contributed by atoms with Gasteiger partial charge in [0.25, 0.3) is 5.56 Å². The van der Waals surface area contributed by atoms with Gasteiger partial charge >= 0.3 is 5.69 Å². The molecule has 19 heavy (non-hydrogen) atoms. The molecule has 0 aliphatic rings. The number of aromatic hydroxyl groups is 1. The van der Waals surface area contributed by atoms with Crippen molar-refractivity contribution in [3.8, 4) is 5.88 Å². The first kappa shape index (κ1) is 13.5. The minimum atomic E-state index is -1.37. The van der Waals surface area contributed by atoms with E-state index in [4.69, 9.17) is 0 Å². The third-order valence-corrected chi connectivity index (χ3v) is 4.01. The summed E-state index contributed by atoms with van der Waals surface area (Å²) in [4.78, 5) is 29.5. The number of hydrogen-bond acceptors (Lipinski definition) is 5. The van der Waals surface area contributed by atoms with Gasteiger partial charge in [-0.25, -0.2) is 9.78 Å². The molecule has 2 heterocycles. The van der Waals surface area contributed by atoms with Crippen molar-refractivity contribution in [2.24, 2.45) is 0 Å². The normalized spacial score (nSPS) is 12.6. The smallest absolute Gasteiger partial charge is 0.331 e. The lowest BCUT2D eigenvalue weighted by Gasteiger charge is -2.15. The molecule has 0 aliphatic heterocycles. The molecule has 102 valence electrons. The van der Waals surface area contributed by atoms with E-state index in [1.165, 1.54) is 11.3 Å². The van der Waals surface area contributed by atoms with Crippen LogP contribution in [0.5, 0.6) is 5.88 Å². The van der Waals surface area contributed by atoms with E-state index in [2.05, 4.69) is 4.98 Å². The fourth-order valence-electron chi connectivity index (χ4n) is 1.93. The number of aromatic amines is 1. The highest BCUT2D eigenvalue weighted by Gasteiger charge is 2.22. The van der Waals surface area contributed by atoms with Crippen LogP contribution in [0.25, 0.3) is 0 Å². The van der Waals surface area contributed by atoms with E-state index >= 15 is 0 Å². The number of rotatable bonds is 2. The van der Waals surface area contributed by atoms with Gasteiger partial charge in [-0.2, -0.15) is 4.39 Å². The highest BCUT2D eigenvalue weighted by Crippen LogP contribution is 2.28. The molecular weight excluding hydrogens is 273 g/mol. The molecule has 0 amide bonds.